The minimum Gasteiger partial charge on any atom is -0.352 e. The fraction of sp³-hybridized carbons (Fsp3) is 0.500. The standard InChI is InChI=1S/C26H33ClN2O/c27-23-13-11-22(12-14-23)25(26(30)28-24-9-5-2-6-10-24)29-17-15-21(16-18-29)19-20-7-3-1-4-8-20/h1,3-4,7-8,11-14,21,24-25H,2,5-6,9-10,15-19H2,(H,28,30)/t25-/m1/s1. The third-order valence-corrected chi connectivity index (χ3v) is 7.02. The molecule has 1 atom stereocenters. The highest BCUT2D eigenvalue weighted by Gasteiger charge is 2.32. The Morgan fingerprint density at radius 3 is 2.27 bits per heavy atom. The van der Waals surface area contributed by atoms with E-state index in [1.807, 2.05) is 24.3 Å². The zero-order valence-electron chi connectivity index (χ0n) is 17.7. The highest BCUT2D eigenvalue weighted by Crippen LogP contribution is 2.30. The molecule has 4 heteroatoms. The molecule has 1 aliphatic carbocycles. The van der Waals surface area contributed by atoms with Gasteiger partial charge in [0.2, 0.25) is 5.91 Å². The van der Waals surface area contributed by atoms with E-state index >= 15 is 0 Å². The highest BCUT2D eigenvalue weighted by molar-refractivity contribution is 6.30. The predicted molar refractivity (Wildman–Crippen MR) is 124 cm³/mol. The molecule has 160 valence electrons. The molecule has 0 spiro atoms. The summed E-state index contributed by atoms with van der Waals surface area (Å²) in [6, 6.07) is 18.7. The number of hydrogen-bond donors (Lipinski definition) is 1. The molecule has 0 aromatic heterocycles. The fourth-order valence-electron chi connectivity index (χ4n) is 5.06. The molecule has 0 unspecified atom stereocenters. The smallest absolute Gasteiger partial charge is 0.242 e. The fourth-order valence-corrected chi connectivity index (χ4v) is 5.19. The largest absolute Gasteiger partial charge is 0.352 e. The van der Waals surface area contributed by atoms with Crippen LogP contribution in [0.25, 0.3) is 0 Å². The molecule has 0 radical (unpaired) electrons. The van der Waals surface area contributed by atoms with Gasteiger partial charge in [0, 0.05) is 11.1 Å². The van der Waals surface area contributed by atoms with E-state index in [4.69, 9.17) is 11.6 Å². The Labute approximate surface area is 185 Å². The van der Waals surface area contributed by atoms with Gasteiger partial charge in [-0.3, -0.25) is 9.69 Å². The normalized spacial score (nSPS) is 20.0. The minimum atomic E-state index is -0.220. The SMILES string of the molecule is O=C(NC1CCCCC1)[C@@H](c1ccc(Cl)cc1)N1CCC(Cc2ccccc2)CC1. The van der Waals surface area contributed by atoms with Crippen molar-refractivity contribution in [1.29, 1.82) is 0 Å². The zero-order chi connectivity index (χ0) is 20.8. The summed E-state index contributed by atoms with van der Waals surface area (Å²) in [6.45, 7) is 1.92. The lowest BCUT2D eigenvalue weighted by atomic mass is 9.88. The Morgan fingerprint density at radius 2 is 1.60 bits per heavy atom. The lowest BCUT2D eigenvalue weighted by Gasteiger charge is -2.38. The molecule has 1 saturated carbocycles. The van der Waals surface area contributed by atoms with Crippen LogP contribution in [0.15, 0.2) is 54.6 Å². The number of amides is 1. The molecule has 3 nitrogen and oxygen atoms in total. The van der Waals surface area contributed by atoms with E-state index < -0.39 is 0 Å². The van der Waals surface area contributed by atoms with E-state index in [1.54, 1.807) is 0 Å². The van der Waals surface area contributed by atoms with Crippen LogP contribution in [0.3, 0.4) is 0 Å². The number of rotatable bonds is 6. The Bertz CT molecular complexity index is 794. The van der Waals surface area contributed by atoms with Crippen LogP contribution in [0.5, 0.6) is 0 Å². The van der Waals surface area contributed by atoms with Crippen LogP contribution in [0.4, 0.5) is 0 Å². The monoisotopic (exact) mass is 424 g/mol. The van der Waals surface area contributed by atoms with Crippen LogP contribution >= 0.6 is 11.6 Å². The summed E-state index contributed by atoms with van der Waals surface area (Å²) in [4.78, 5) is 15.8. The second-order valence-corrected chi connectivity index (χ2v) is 9.40. The van der Waals surface area contributed by atoms with E-state index in [0.29, 0.717) is 17.0 Å². The molecule has 30 heavy (non-hydrogen) atoms. The van der Waals surface area contributed by atoms with E-state index in [-0.39, 0.29) is 11.9 Å². The summed E-state index contributed by atoms with van der Waals surface area (Å²) < 4.78 is 0. The van der Waals surface area contributed by atoms with Crippen molar-refractivity contribution in [3.05, 3.63) is 70.7 Å². The topological polar surface area (TPSA) is 32.3 Å². The van der Waals surface area contributed by atoms with Crippen molar-refractivity contribution in [2.24, 2.45) is 5.92 Å². The molecule has 2 fully saturated rings. The summed E-state index contributed by atoms with van der Waals surface area (Å²) in [5, 5.41) is 4.08. The van der Waals surface area contributed by atoms with E-state index in [9.17, 15) is 4.79 Å². The van der Waals surface area contributed by atoms with Crippen molar-refractivity contribution < 1.29 is 4.79 Å². The number of benzene rings is 2. The van der Waals surface area contributed by atoms with Crippen molar-refractivity contribution >= 4 is 17.5 Å². The molecule has 2 aromatic carbocycles. The molecule has 1 amide bonds. The van der Waals surface area contributed by atoms with Gasteiger partial charge in [0.1, 0.15) is 6.04 Å². The number of nitrogens with one attached hydrogen (secondary N) is 1. The molecule has 1 aliphatic heterocycles. The molecular formula is C26H33ClN2O. The minimum absolute atomic E-state index is 0.158. The van der Waals surface area contributed by atoms with Gasteiger partial charge >= 0.3 is 0 Å². The second-order valence-electron chi connectivity index (χ2n) is 8.97. The van der Waals surface area contributed by atoms with Gasteiger partial charge in [0.05, 0.1) is 0 Å². The quantitative estimate of drug-likeness (QED) is 0.636. The van der Waals surface area contributed by atoms with Crippen LogP contribution in [-0.4, -0.2) is 29.9 Å². The first kappa shape index (κ1) is 21.4. The van der Waals surface area contributed by atoms with Gasteiger partial charge in [0.25, 0.3) is 0 Å². The van der Waals surface area contributed by atoms with Gasteiger partial charge in [-0.15, -0.1) is 0 Å². The number of hydrogen-bond acceptors (Lipinski definition) is 2. The van der Waals surface area contributed by atoms with E-state index in [0.717, 1.165) is 50.8 Å². The maximum Gasteiger partial charge on any atom is 0.242 e. The van der Waals surface area contributed by atoms with Gasteiger partial charge in [-0.05, 0) is 74.4 Å². The third kappa shape index (κ3) is 5.65. The van der Waals surface area contributed by atoms with Crippen molar-refractivity contribution in [3.63, 3.8) is 0 Å². The molecule has 1 heterocycles. The van der Waals surface area contributed by atoms with Gasteiger partial charge in [-0.2, -0.15) is 0 Å². The maximum absolute atomic E-state index is 13.4. The maximum atomic E-state index is 13.4. The molecule has 1 N–H and O–H groups in total. The molecule has 4 rings (SSSR count). The van der Waals surface area contributed by atoms with Crippen molar-refractivity contribution in [3.8, 4) is 0 Å². The zero-order valence-corrected chi connectivity index (χ0v) is 18.5. The Balaban J connectivity index is 1.43. The third-order valence-electron chi connectivity index (χ3n) is 6.77. The number of halogens is 1. The van der Waals surface area contributed by atoms with Gasteiger partial charge in [-0.1, -0.05) is 73.3 Å². The number of nitrogens with zero attached hydrogens (tertiary/aromatic N) is 1. The Hall–Kier alpha value is -1.84. The van der Waals surface area contributed by atoms with Crippen molar-refractivity contribution in [2.75, 3.05) is 13.1 Å². The van der Waals surface area contributed by atoms with E-state index in [1.165, 1.54) is 24.8 Å². The van der Waals surface area contributed by atoms with Gasteiger partial charge in [0.15, 0.2) is 0 Å². The Kier molecular flexibility index (Phi) is 7.46. The highest BCUT2D eigenvalue weighted by atomic mass is 35.5. The van der Waals surface area contributed by atoms with Crippen molar-refractivity contribution in [1.82, 2.24) is 10.2 Å². The van der Waals surface area contributed by atoms with Crippen LogP contribution in [0, 0.1) is 5.92 Å². The average molecular weight is 425 g/mol. The van der Waals surface area contributed by atoms with Crippen LogP contribution in [0.2, 0.25) is 5.02 Å². The number of piperidine rings is 1. The summed E-state index contributed by atoms with van der Waals surface area (Å²) in [5.74, 6) is 0.849. The molecule has 0 bridgehead atoms. The first-order valence-electron chi connectivity index (χ1n) is 11.5. The first-order chi connectivity index (χ1) is 14.7. The summed E-state index contributed by atoms with van der Waals surface area (Å²) in [7, 11) is 0. The number of carbonyl (C=O) groups is 1. The van der Waals surface area contributed by atoms with Crippen LogP contribution < -0.4 is 5.32 Å². The average Bonchev–Trinajstić information content (AvgIpc) is 2.78. The summed E-state index contributed by atoms with van der Waals surface area (Å²) >= 11 is 6.12. The van der Waals surface area contributed by atoms with Crippen molar-refractivity contribution in [2.45, 2.75) is 63.5 Å². The number of carbonyl (C=O) groups excluding carboxylic acids is 1. The summed E-state index contributed by atoms with van der Waals surface area (Å²) in [6.07, 6.45) is 9.36. The lowest BCUT2D eigenvalue weighted by Crippen LogP contribution is -2.47. The summed E-state index contributed by atoms with van der Waals surface area (Å²) in [5.41, 5.74) is 2.47. The van der Waals surface area contributed by atoms with Gasteiger partial charge in [-0.25, -0.2) is 0 Å². The molecule has 2 aromatic rings. The lowest BCUT2D eigenvalue weighted by molar-refractivity contribution is -0.128. The number of likely N-dealkylation sites (tertiary alicyclic amines) is 1. The molecular weight excluding hydrogens is 392 g/mol. The second kappa shape index (κ2) is 10.5. The Morgan fingerprint density at radius 1 is 0.933 bits per heavy atom. The molecule has 2 aliphatic rings. The van der Waals surface area contributed by atoms with Gasteiger partial charge < -0.3 is 5.32 Å². The predicted octanol–water partition coefficient (Wildman–Crippen LogP) is 5.78. The first-order valence-corrected chi connectivity index (χ1v) is 11.9. The van der Waals surface area contributed by atoms with Crippen LogP contribution in [-0.2, 0) is 11.2 Å². The van der Waals surface area contributed by atoms with Crippen LogP contribution in [0.1, 0.15) is 62.1 Å². The molecule has 1 saturated heterocycles. The van der Waals surface area contributed by atoms with E-state index in [2.05, 4.69) is 40.5 Å².